The summed E-state index contributed by atoms with van der Waals surface area (Å²) >= 11 is 0. The molecular formula is C11H18O. The minimum absolute atomic E-state index is 0.216. The van der Waals surface area contributed by atoms with Gasteiger partial charge in [0.05, 0.1) is 5.60 Å². The highest BCUT2D eigenvalue weighted by Crippen LogP contribution is 2.49. The van der Waals surface area contributed by atoms with E-state index in [0.717, 1.165) is 12.5 Å². The van der Waals surface area contributed by atoms with E-state index in [-0.39, 0.29) is 5.60 Å². The van der Waals surface area contributed by atoms with Crippen LogP contribution in [0.2, 0.25) is 0 Å². The molecule has 0 N–H and O–H groups in total. The molecule has 0 aromatic rings. The molecule has 68 valence electrons. The lowest BCUT2D eigenvalue weighted by molar-refractivity contribution is -0.0609. The topological polar surface area (TPSA) is 9.23 Å². The Bertz CT molecular complexity index is 197. The normalized spacial score (nSPS) is 44.2. The maximum absolute atomic E-state index is 5.92. The molecular weight excluding hydrogens is 148 g/mol. The van der Waals surface area contributed by atoms with Crippen LogP contribution in [0.3, 0.4) is 0 Å². The van der Waals surface area contributed by atoms with Crippen molar-refractivity contribution in [3.8, 4) is 0 Å². The van der Waals surface area contributed by atoms with Gasteiger partial charge in [0.2, 0.25) is 0 Å². The van der Waals surface area contributed by atoms with Crippen LogP contribution in [0.5, 0.6) is 0 Å². The second-order valence-corrected chi connectivity index (χ2v) is 4.04. The van der Waals surface area contributed by atoms with Gasteiger partial charge in [-0.1, -0.05) is 19.1 Å². The van der Waals surface area contributed by atoms with Gasteiger partial charge in [-0.25, -0.2) is 0 Å². The smallest absolute Gasteiger partial charge is 0.0747 e. The van der Waals surface area contributed by atoms with Crippen molar-refractivity contribution in [2.75, 3.05) is 6.61 Å². The van der Waals surface area contributed by atoms with Crippen molar-refractivity contribution < 1.29 is 4.74 Å². The van der Waals surface area contributed by atoms with Crippen molar-refractivity contribution in [2.45, 2.75) is 38.7 Å². The van der Waals surface area contributed by atoms with Gasteiger partial charge in [0.15, 0.2) is 0 Å². The molecule has 0 saturated heterocycles. The standard InChI is InChI=1S/C11H18O/c1-3-11(12-4-2)8-9-5-6-10(11)7-9/h5-6,9-10H,3-4,7-8H2,1-2H3. The number of hydrogen-bond donors (Lipinski definition) is 0. The van der Waals surface area contributed by atoms with E-state index in [2.05, 4.69) is 26.0 Å². The molecule has 1 saturated carbocycles. The minimum atomic E-state index is 0.216. The summed E-state index contributed by atoms with van der Waals surface area (Å²) in [5.41, 5.74) is 0.216. The van der Waals surface area contributed by atoms with Gasteiger partial charge >= 0.3 is 0 Å². The third-order valence-electron chi connectivity index (χ3n) is 3.49. The number of hydrogen-bond acceptors (Lipinski definition) is 1. The van der Waals surface area contributed by atoms with Crippen molar-refractivity contribution in [2.24, 2.45) is 11.8 Å². The molecule has 0 aromatic heterocycles. The Morgan fingerprint density at radius 1 is 1.42 bits per heavy atom. The number of ether oxygens (including phenoxy) is 1. The highest BCUT2D eigenvalue weighted by molar-refractivity contribution is 5.16. The van der Waals surface area contributed by atoms with E-state index < -0.39 is 0 Å². The summed E-state index contributed by atoms with van der Waals surface area (Å²) in [6.45, 7) is 5.22. The second kappa shape index (κ2) is 2.88. The minimum Gasteiger partial charge on any atom is -0.375 e. The Labute approximate surface area is 74.8 Å². The van der Waals surface area contributed by atoms with Gasteiger partial charge in [-0.05, 0) is 32.1 Å². The highest BCUT2D eigenvalue weighted by Gasteiger charge is 2.47. The Hall–Kier alpha value is -0.300. The first-order chi connectivity index (χ1) is 5.80. The predicted molar refractivity (Wildman–Crippen MR) is 50.0 cm³/mol. The average molecular weight is 166 g/mol. The summed E-state index contributed by atoms with van der Waals surface area (Å²) < 4.78 is 5.92. The lowest BCUT2D eigenvalue weighted by atomic mass is 9.85. The van der Waals surface area contributed by atoms with Crippen molar-refractivity contribution in [3.63, 3.8) is 0 Å². The molecule has 0 amide bonds. The molecule has 2 rings (SSSR count). The fourth-order valence-electron chi connectivity index (χ4n) is 2.87. The molecule has 2 bridgehead atoms. The Morgan fingerprint density at radius 3 is 2.67 bits per heavy atom. The van der Waals surface area contributed by atoms with Crippen LogP contribution in [0.4, 0.5) is 0 Å². The summed E-state index contributed by atoms with van der Waals surface area (Å²) in [6.07, 6.45) is 8.52. The van der Waals surface area contributed by atoms with E-state index in [0.29, 0.717) is 5.92 Å². The zero-order chi connectivity index (χ0) is 8.60. The Balaban J connectivity index is 2.14. The molecule has 12 heavy (non-hydrogen) atoms. The first-order valence-corrected chi connectivity index (χ1v) is 5.13. The third kappa shape index (κ3) is 1.03. The molecule has 0 heterocycles. The molecule has 1 nitrogen and oxygen atoms in total. The van der Waals surface area contributed by atoms with Crippen LogP contribution in [-0.4, -0.2) is 12.2 Å². The van der Waals surface area contributed by atoms with E-state index in [4.69, 9.17) is 4.74 Å². The van der Waals surface area contributed by atoms with E-state index in [1.807, 2.05) is 0 Å². The predicted octanol–water partition coefficient (Wildman–Crippen LogP) is 2.77. The molecule has 1 fully saturated rings. The summed E-state index contributed by atoms with van der Waals surface area (Å²) in [5, 5.41) is 0. The van der Waals surface area contributed by atoms with E-state index in [1.165, 1.54) is 19.3 Å². The molecule has 2 aliphatic rings. The fraction of sp³-hybridized carbons (Fsp3) is 0.818. The maximum Gasteiger partial charge on any atom is 0.0747 e. The van der Waals surface area contributed by atoms with Crippen LogP contribution in [-0.2, 0) is 4.74 Å². The van der Waals surface area contributed by atoms with Gasteiger partial charge in [0.25, 0.3) is 0 Å². The lowest BCUT2D eigenvalue weighted by Gasteiger charge is -2.34. The first kappa shape index (κ1) is 8.31. The van der Waals surface area contributed by atoms with Gasteiger partial charge in [0, 0.05) is 12.5 Å². The van der Waals surface area contributed by atoms with Gasteiger partial charge in [-0.3, -0.25) is 0 Å². The van der Waals surface area contributed by atoms with Crippen LogP contribution in [0.25, 0.3) is 0 Å². The molecule has 1 heteroatoms. The third-order valence-corrected chi connectivity index (χ3v) is 3.49. The van der Waals surface area contributed by atoms with Gasteiger partial charge in [0.1, 0.15) is 0 Å². The molecule has 0 radical (unpaired) electrons. The molecule has 2 aliphatic carbocycles. The fourth-order valence-corrected chi connectivity index (χ4v) is 2.87. The zero-order valence-corrected chi connectivity index (χ0v) is 8.05. The SMILES string of the molecule is CCOC1(CC)CC2C=CC1C2. The largest absolute Gasteiger partial charge is 0.375 e. The van der Waals surface area contributed by atoms with Crippen LogP contribution >= 0.6 is 0 Å². The summed E-state index contributed by atoms with van der Waals surface area (Å²) in [7, 11) is 0. The molecule has 0 spiro atoms. The number of fused-ring (bicyclic) bond motifs is 2. The van der Waals surface area contributed by atoms with E-state index in [9.17, 15) is 0 Å². The Morgan fingerprint density at radius 2 is 2.25 bits per heavy atom. The highest BCUT2D eigenvalue weighted by atomic mass is 16.5. The van der Waals surface area contributed by atoms with Gasteiger partial charge < -0.3 is 4.74 Å². The molecule has 0 aromatic carbocycles. The van der Waals surface area contributed by atoms with Crippen LogP contribution in [0.15, 0.2) is 12.2 Å². The molecule has 3 atom stereocenters. The summed E-state index contributed by atoms with van der Waals surface area (Å²) in [4.78, 5) is 0. The van der Waals surface area contributed by atoms with Crippen molar-refractivity contribution >= 4 is 0 Å². The second-order valence-electron chi connectivity index (χ2n) is 4.04. The first-order valence-electron chi connectivity index (χ1n) is 5.13. The van der Waals surface area contributed by atoms with E-state index >= 15 is 0 Å². The monoisotopic (exact) mass is 166 g/mol. The average Bonchev–Trinajstić information content (AvgIpc) is 2.64. The van der Waals surface area contributed by atoms with Crippen LogP contribution in [0, 0.1) is 11.8 Å². The van der Waals surface area contributed by atoms with Crippen molar-refractivity contribution in [3.05, 3.63) is 12.2 Å². The van der Waals surface area contributed by atoms with Crippen LogP contribution < -0.4 is 0 Å². The van der Waals surface area contributed by atoms with Crippen molar-refractivity contribution in [1.82, 2.24) is 0 Å². The molecule has 0 aliphatic heterocycles. The van der Waals surface area contributed by atoms with Gasteiger partial charge in [-0.15, -0.1) is 0 Å². The lowest BCUT2D eigenvalue weighted by Crippen LogP contribution is -2.36. The number of rotatable bonds is 3. The molecule has 3 unspecified atom stereocenters. The number of allylic oxidation sites excluding steroid dienone is 1. The van der Waals surface area contributed by atoms with Crippen LogP contribution in [0.1, 0.15) is 33.1 Å². The summed E-state index contributed by atoms with van der Waals surface area (Å²) in [6, 6.07) is 0. The van der Waals surface area contributed by atoms with Gasteiger partial charge in [-0.2, -0.15) is 0 Å². The zero-order valence-electron chi connectivity index (χ0n) is 8.05. The quantitative estimate of drug-likeness (QED) is 0.586. The summed E-state index contributed by atoms with van der Waals surface area (Å²) in [5.74, 6) is 1.54. The van der Waals surface area contributed by atoms with Crippen molar-refractivity contribution in [1.29, 1.82) is 0 Å². The van der Waals surface area contributed by atoms with E-state index in [1.54, 1.807) is 0 Å². The maximum atomic E-state index is 5.92. The Kier molecular flexibility index (Phi) is 1.99.